The molecule has 0 amide bonds. The summed E-state index contributed by atoms with van der Waals surface area (Å²) in [6, 6.07) is 2.88. The molecule has 0 saturated carbocycles. The molecule has 1 aromatic carbocycles. The first kappa shape index (κ1) is 16.7. The lowest BCUT2D eigenvalue weighted by Crippen LogP contribution is -2.23. The highest BCUT2D eigenvalue weighted by Gasteiger charge is 2.10. The molecular formula is C15H21F2NO2. The number of aliphatic hydroxyl groups excluding tert-OH is 1. The molecule has 112 valence electrons. The van der Waals surface area contributed by atoms with Crippen LogP contribution in [-0.2, 0) is 0 Å². The number of unbranched alkanes of at least 4 members (excludes halogenated alkanes) is 2. The summed E-state index contributed by atoms with van der Waals surface area (Å²) in [7, 11) is 1.90. The van der Waals surface area contributed by atoms with E-state index in [1.165, 1.54) is 0 Å². The van der Waals surface area contributed by atoms with Crippen LogP contribution in [0.2, 0.25) is 0 Å². The number of ketones is 1. The monoisotopic (exact) mass is 285 g/mol. The van der Waals surface area contributed by atoms with E-state index in [-0.39, 0.29) is 24.4 Å². The Bertz CT molecular complexity index is 418. The molecule has 1 rings (SSSR count). The molecule has 1 N–H and O–H groups in total. The summed E-state index contributed by atoms with van der Waals surface area (Å²) in [6.45, 7) is 1.59. The second-order valence-corrected chi connectivity index (χ2v) is 4.92. The average molecular weight is 285 g/mol. The van der Waals surface area contributed by atoms with Gasteiger partial charge in [-0.2, -0.15) is 0 Å². The van der Waals surface area contributed by atoms with Crippen LogP contribution in [0, 0.1) is 11.6 Å². The van der Waals surface area contributed by atoms with Gasteiger partial charge in [-0.25, -0.2) is 8.78 Å². The zero-order valence-electron chi connectivity index (χ0n) is 11.7. The average Bonchev–Trinajstić information content (AvgIpc) is 2.40. The van der Waals surface area contributed by atoms with Gasteiger partial charge >= 0.3 is 0 Å². The lowest BCUT2D eigenvalue weighted by Gasteiger charge is -2.15. The Hall–Kier alpha value is -1.33. The van der Waals surface area contributed by atoms with Crippen molar-refractivity contribution >= 4 is 5.78 Å². The summed E-state index contributed by atoms with van der Waals surface area (Å²) in [4.78, 5) is 13.8. The molecule has 5 heteroatoms. The fraction of sp³-hybridized carbons (Fsp3) is 0.533. The van der Waals surface area contributed by atoms with Gasteiger partial charge in [0.15, 0.2) is 5.78 Å². The Balaban J connectivity index is 2.35. The maximum Gasteiger partial charge on any atom is 0.164 e. The molecule has 0 heterocycles. The van der Waals surface area contributed by atoms with Gasteiger partial charge in [0.2, 0.25) is 0 Å². The van der Waals surface area contributed by atoms with Crippen LogP contribution in [0.15, 0.2) is 18.2 Å². The van der Waals surface area contributed by atoms with Crippen LogP contribution >= 0.6 is 0 Å². The standard InChI is InChI=1S/C15H21F2NO2/c1-18(6-3-2-4-8-19)7-5-15(20)12-9-13(16)11-14(17)10-12/h9-11,19H,2-8H2,1H3. The molecule has 0 saturated heterocycles. The van der Waals surface area contributed by atoms with Crippen molar-refractivity contribution in [1.82, 2.24) is 4.90 Å². The molecule has 0 aliphatic rings. The fourth-order valence-corrected chi connectivity index (χ4v) is 1.93. The molecule has 0 bridgehead atoms. The molecule has 0 fully saturated rings. The van der Waals surface area contributed by atoms with Gasteiger partial charge in [-0.3, -0.25) is 4.79 Å². The number of hydrogen-bond acceptors (Lipinski definition) is 3. The van der Waals surface area contributed by atoms with E-state index in [1.807, 2.05) is 11.9 Å². The van der Waals surface area contributed by atoms with Crippen LogP contribution in [0.25, 0.3) is 0 Å². The van der Waals surface area contributed by atoms with E-state index in [1.54, 1.807) is 0 Å². The van der Waals surface area contributed by atoms with E-state index >= 15 is 0 Å². The first-order valence-electron chi connectivity index (χ1n) is 6.81. The van der Waals surface area contributed by atoms with E-state index in [2.05, 4.69) is 0 Å². The molecule has 0 aromatic heterocycles. The Morgan fingerprint density at radius 2 is 1.75 bits per heavy atom. The molecule has 3 nitrogen and oxygen atoms in total. The van der Waals surface area contributed by atoms with Gasteiger partial charge in [-0.1, -0.05) is 0 Å². The van der Waals surface area contributed by atoms with Crippen LogP contribution in [0.3, 0.4) is 0 Å². The SMILES string of the molecule is CN(CCCCCO)CCC(=O)c1cc(F)cc(F)c1. The summed E-state index contributed by atoms with van der Waals surface area (Å²) in [6.07, 6.45) is 2.93. The first-order chi connectivity index (χ1) is 9.52. The van der Waals surface area contributed by atoms with Crippen molar-refractivity contribution in [3.63, 3.8) is 0 Å². The van der Waals surface area contributed by atoms with Crippen molar-refractivity contribution in [3.8, 4) is 0 Å². The van der Waals surface area contributed by atoms with E-state index in [4.69, 9.17) is 5.11 Å². The van der Waals surface area contributed by atoms with Gasteiger partial charge < -0.3 is 10.0 Å². The highest BCUT2D eigenvalue weighted by atomic mass is 19.1. The highest BCUT2D eigenvalue weighted by molar-refractivity contribution is 5.96. The zero-order chi connectivity index (χ0) is 15.0. The fourth-order valence-electron chi connectivity index (χ4n) is 1.93. The molecule has 0 atom stereocenters. The molecule has 1 aromatic rings. The molecule has 0 unspecified atom stereocenters. The number of benzene rings is 1. The van der Waals surface area contributed by atoms with Crippen LogP contribution in [0.1, 0.15) is 36.0 Å². The van der Waals surface area contributed by atoms with Gasteiger partial charge in [0.25, 0.3) is 0 Å². The second kappa shape index (κ2) is 8.76. The van der Waals surface area contributed by atoms with Gasteiger partial charge in [-0.05, 0) is 45.0 Å². The predicted octanol–water partition coefficient (Wildman–Crippen LogP) is 2.63. The molecule has 0 radical (unpaired) electrons. The number of carbonyl (C=O) groups excluding carboxylic acids is 1. The lowest BCUT2D eigenvalue weighted by molar-refractivity contribution is 0.0968. The Morgan fingerprint density at radius 3 is 2.35 bits per heavy atom. The summed E-state index contributed by atoms with van der Waals surface area (Å²) in [5.41, 5.74) is 0.0798. The Labute approximate surface area is 118 Å². The molecular weight excluding hydrogens is 264 g/mol. The number of nitrogens with zero attached hydrogens (tertiary/aromatic N) is 1. The summed E-state index contributed by atoms with van der Waals surface area (Å²) < 4.78 is 26.0. The van der Waals surface area contributed by atoms with Crippen molar-refractivity contribution in [2.75, 3.05) is 26.7 Å². The Morgan fingerprint density at radius 1 is 1.10 bits per heavy atom. The quantitative estimate of drug-likeness (QED) is 0.560. The summed E-state index contributed by atoms with van der Waals surface area (Å²) >= 11 is 0. The number of aliphatic hydroxyl groups is 1. The van der Waals surface area contributed by atoms with E-state index in [9.17, 15) is 13.6 Å². The van der Waals surface area contributed by atoms with Crippen LogP contribution in [0.4, 0.5) is 8.78 Å². The van der Waals surface area contributed by atoms with Crippen molar-refractivity contribution in [3.05, 3.63) is 35.4 Å². The number of carbonyl (C=O) groups is 1. The van der Waals surface area contributed by atoms with E-state index < -0.39 is 11.6 Å². The number of halogens is 2. The van der Waals surface area contributed by atoms with Crippen LogP contribution in [0.5, 0.6) is 0 Å². The van der Waals surface area contributed by atoms with Gasteiger partial charge in [-0.15, -0.1) is 0 Å². The maximum atomic E-state index is 13.0. The molecule has 0 aliphatic heterocycles. The second-order valence-electron chi connectivity index (χ2n) is 4.92. The third kappa shape index (κ3) is 6.21. The minimum atomic E-state index is -0.731. The number of rotatable bonds is 9. The Kier molecular flexibility index (Phi) is 7.33. The van der Waals surface area contributed by atoms with Crippen molar-refractivity contribution in [2.24, 2.45) is 0 Å². The summed E-state index contributed by atoms with van der Waals surface area (Å²) in [5, 5.41) is 8.66. The highest BCUT2D eigenvalue weighted by Crippen LogP contribution is 2.10. The minimum Gasteiger partial charge on any atom is -0.396 e. The normalized spacial score (nSPS) is 11.1. The first-order valence-corrected chi connectivity index (χ1v) is 6.81. The van der Waals surface area contributed by atoms with Gasteiger partial charge in [0.05, 0.1) is 0 Å². The number of hydrogen-bond donors (Lipinski definition) is 1. The van der Waals surface area contributed by atoms with Crippen LogP contribution < -0.4 is 0 Å². The van der Waals surface area contributed by atoms with Crippen molar-refractivity contribution in [2.45, 2.75) is 25.7 Å². The molecule has 0 aliphatic carbocycles. The van der Waals surface area contributed by atoms with Crippen molar-refractivity contribution < 1.29 is 18.7 Å². The third-order valence-electron chi connectivity index (χ3n) is 3.10. The van der Waals surface area contributed by atoms with Crippen molar-refractivity contribution in [1.29, 1.82) is 0 Å². The number of Topliss-reactive ketones (excluding diaryl/α,β-unsaturated/α-hetero) is 1. The summed E-state index contributed by atoms with van der Waals surface area (Å²) in [5.74, 6) is -1.72. The smallest absolute Gasteiger partial charge is 0.164 e. The topological polar surface area (TPSA) is 40.5 Å². The third-order valence-corrected chi connectivity index (χ3v) is 3.10. The zero-order valence-corrected chi connectivity index (χ0v) is 11.7. The van der Waals surface area contributed by atoms with Crippen LogP contribution in [-0.4, -0.2) is 42.5 Å². The molecule has 20 heavy (non-hydrogen) atoms. The molecule has 0 spiro atoms. The van der Waals surface area contributed by atoms with Gasteiger partial charge in [0.1, 0.15) is 11.6 Å². The predicted molar refractivity (Wildman–Crippen MR) is 73.7 cm³/mol. The van der Waals surface area contributed by atoms with E-state index in [0.717, 1.165) is 44.0 Å². The van der Waals surface area contributed by atoms with E-state index in [0.29, 0.717) is 6.54 Å². The maximum absolute atomic E-state index is 13.0. The lowest BCUT2D eigenvalue weighted by atomic mass is 10.1. The van der Waals surface area contributed by atoms with Gasteiger partial charge in [0, 0.05) is 31.2 Å². The minimum absolute atomic E-state index is 0.0798. The largest absolute Gasteiger partial charge is 0.396 e.